The van der Waals surface area contributed by atoms with Gasteiger partial charge in [-0.2, -0.15) is 23.0 Å². The first-order chi connectivity index (χ1) is 18.1. The van der Waals surface area contributed by atoms with Crippen molar-refractivity contribution in [1.29, 1.82) is 0 Å². The van der Waals surface area contributed by atoms with E-state index in [9.17, 15) is 22.8 Å². The van der Waals surface area contributed by atoms with E-state index >= 15 is 0 Å². The average molecular weight is 519 g/mol. The molecule has 0 aliphatic heterocycles. The van der Waals surface area contributed by atoms with E-state index in [1.54, 1.807) is 36.5 Å². The predicted octanol–water partition coefficient (Wildman–Crippen LogP) is 5.49. The molecular formula is C27H20F3N5O3. The Morgan fingerprint density at radius 3 is 2.53 bits per heavy atom. The Labute approximate surface area is 213 Å². The van der Waals surface area contributed by atoms with Gasteiger partial charge in [-0.25, -0.2) is 4.98 Å². The van der Waals surface area contributed by atoms with Crippen molar-refractivity contribution in [3.63, 3.8) is 0 Å². The van der Waals surface area contributed by atoms with Crippen molar-refractivity contribution in [3.8, 4) is 17.2 Å². The van der Waals surface area contributed by atoms with Crippen LogP contribution < -0.4 is 15.6 Å². The number of fused-ring (bicyclic) bond motifs is 1. The number of anilines is 1. The average Bonchev–Trinajstić information content (AvgIpc) is 3.26. The molecule has 11 heteroatoms. The molecule has 2 aromatic carbocycles. The largest absolute Gasteiger partial charge is 0.457 e. The van der Waals surface area contributed by atoms with E-state index in [0.29, 0.717) is 17.2 Å². The van der Waals surface area contributed by atoms with E-state index in [1.165, 1.54) is 19.1 Å². The summed E-state index contributed by atoms with van der Waals surface area (Å²) in [5.74, 6) is 0.535. The third-order valence-corrected chi connectivity index (χ3v) is 5.82. The lowest BCUT2D eigenvalue weighted by atomic mass is 10.2. The van der Waals surface area contributed by atoms with Crippen LogP contribution in [-0.2, 0) is 13.2 Å². The first-order valence-electron chi connectivity index (χ1n) is 11.4. The summed E-state index contributed by atoms with van der Waals surface area (Å²) >= 11 is 0. The summed E-state index contributed by atoms with van der Waals surface area (Å²) in [5.41, 5.74) is -0.323. The third-order valence-electron chi connectivity index (χ3n) is 5.82. The molecule has 192 valence electrons. The minimum absolute atomic E-state index is 0.106. The van der Waals surface area contributed by atoms with Crippen molar-refractivity contribution in [1.82, 2.24) is 19.3 Å². The van der Waals surface area contributed by atoms with Crippen LogP contribution in [0.2, 0.25) is 0 Å². The molecule has 3 aromatic heterocycles. The third kappa shape index (κ3) is 4.85. The summed E-state index contributed by atoms with van der Waals surface area (Å²) in [6, 6.07) is 15.6. The Morgan fingerprint density at radius 1 is 1.03 bits per heavy atom. The number of nitrogens with zero attached hydrogens (tertiary/aromatic N) is 4. The molecule has 1 amide bonds. The molecule has 0 spiro atoms. The van der Waals surface area contributed by atoms with Gasteiger partial charge >= 0.3 is 6.18 Å². The van der Waals surface area contributed by atoms with Crippen LogP contribution >= 0.6 is 0 Å². The second-order valence-corrected chi connectivity index (χ2v) is 8.53. The number of hydrogen-bond acceptors (Lipinski definition) is 5. The molecule has 0 radical (unpaired) electrons. The zero-order valence-corrected chi connectivity index (χ0v) is 20.2. The second kappa shape index (κ2) is 9.51. The van der Waals surface area contributed by atoms with Gasteiger partial charge in [-0.1, -0.05) is 6.07 Å². The number of carbonyl (C=O) groups is 1. The molecule has 3 heterocycles. The van der Waals surface area contributed by atoms with Gasteiger partial charge in [0.2, 0.25) is 0 Å². The van der Waals surface area contributed by atoms with Crippen LogP contribution in [-0.4, -0.2) is 25.2 Å². The minimum Gasteiger partial charge on any atom is -0.457 e. The lowest BCUT2D eigenvalue weighted by Crippen LogP contribution is -2.27. The fourth-order valence-corrected chi connectivity index (χ4v) is 3.92. The molecule has 0 unspecified atom stereocenters. The monoisotopic (exact) mass is 519 g/mol. The topological polar surface area (TPSA) is 91.0 Å². The highest BCUT2D eigenvalue weighted by Crippen LogP contribution is 2.31. The number of benzene rings is 2. The van der Waals surface area contributed by atoms with Crippen molar-refractivity contribution in [2.24, 2.45) is 7.05 Å². The number of nitrogens with one attached hydrogen (secondary N) is 1. The van der Waals surface area contributed by atoms with Crippen molar-refractivity contribution < 1.29 is 22.7 Å². The van der Waals surface area contributed by atoms with Gasteiger partial charge in [0.25, 0.3) is 11.5 Å². The molecule has 0 fully saturated rings. The van der Waals surface area contributed by atoms with E-state index in [0.717, 1.165) is 33.9 Å². The molecule has 1 N–H and O–H groups in total. The zero-order valence-electron chi connectivity index (χ0n) is 20.2. The minimum atomic E-state index is -4.59. The lowest BCUT2D eigenvalue weighted by Gasteiger charge is -2.12. The number of hydrogen-bond donors (Lipinski definition) is 1. The van der Waals surface area contributed by atoms with Crippen molar-refractivity contribution in [2.75, 3.05) is 5.32 Å². The van der Waals surface area contributed by atoms with Crippen LogP contribution in [0.15, 0.2) is 83.9 Å². The van der Waals surface area contributed by atoms with E-state index < -0.39 is 23.2 Å². The molecule has 0 atom stereocenters. The summed E-state index contributed by atoms with van der Waals surface area (Å²) in [4.78, 5) is 29.8. The maximum Gasteiger partial charge on any atom is 0.416 e. The Kier molecular flexibility index (Phi) is 6.19. The van der Waals surface area contributed by atoms with Gasteiger partial charge in [0.05, 0.1) is 16.6 Å². The fourth-order valence-electron chi connectivity index (χ4n) is 3.92. The van der Waals surface area contributed by atoms with Crippen LogP contribution in [0.3, 0.4) is 0 Å². The van der Waals surface area contributed by atoms with Crippen LogP contribution in [0.5, 0.6) is 11.5 Å². The fraction of sp³-hybridized carbons (Fsp3) is 0.111. The number of ether oxygens (including phenoxy) is 1. The maximum atomic E-state index is 13.1. The SMILES string of the molecule is Cc1cc(=O)n(-c2cccc(C(F)(F)F)c2)nc1C(=O)Nc1ccc(Oc2ccnc3c2ccn3C)cc1. The van der Waals surface area contributed by atoms with Crippen molar-refractivity contribution >= 4 is 22.6 Å². The van der Waals surface area contributed by atoms with Gasteiger partial charge in [-0.3, -0.25) is 9.59 Å². The molecule has 5 rings (SSSR count). The van der Waals surface area contributed by atoms with Gasteiger partial charge in [-0.05, 0) is 67.1 Å². The highest BCUT2D eigenvalue weighted by molar-refractivity contribution is 6.03. The zero-order chi connectivity index (χ0) is 27.0. The maximum absolute atomic E-state index is 13.1. The molecule has 0 saturated carbocycles. The summed E-state index contributed by atoms with van der Waals surface area (Å²) in [7, 11) is 1.89. The molecule has 38 heavy (non-hydrogen) atoms. The molecule has 5 aromatic rings. The van der Waals surface area contributed by atoms with Crippen LogP contribution in [0, 0.1) is 6.92 Å². The van der Waals surface area contributed by atoms with Crippen molar-refractivity contribution in [3.05, 3.63) is 106 Å². The Balaban J connectivity index is 1.36. The molecule has 0 aliphatic carbocycles. The van der Waals surface area contributed by atoms with E-state index in [4.69, 9.17) is 4.74 Å². The van der Waals surface area contributed by atoms with Crippen LogP contribution in [0.25, 0.3) is 16.7 Å². The van der Waals surface area contributed by atoms with E-state index in [2.05, 4.69) is 15.4 Å². The number of halogens is 3. The van der Waals surface area contributed by atoms with E-state index in [1.807, 2.05) is 23.9 Å². The molecule has 0 bridgehead atoms. The number of pyridine rings is 1. The predicted molar refractivity (Wildman–Crippen MR) is 135 cm³/mol. The Hall–Kier alpha value is -4.93. The van der Waals surface area contributed by atoms with Crippen molar-refractivity contribution in [2.45, 2.75) is 13.1 Å². The first kappa shape index (κ1) is 24.8. The molecule has 8 nitrogen and oxygen atoms in total. The van der Waals surface area contributed by atoms with Crippen LogP contribution in [0.1, 0.15) is 21.6 Å². The first-order valence-corrected chi connectivity index (χ1v) is 11.4. The smallest absolute Gasteiger partial charge is 0.416 e. The number of alkyl halides is 3. The summed E-state index contributed by atoms with van der Waals surface area (Å²) in [5, 5.41) is 7.60. The molecular weight excluding hydrogens is 499 g/mol. The van der Waals surface area contributed by atoms with Gasteiger partial charge in [-0.15, -0.1) is 0 Å². The normalized spacial score (nSPS) is 11.5. The standard InChI is InChI=1S/C27H20F3N5O3/c1-16-14-23(36)35(19-5-3-4-17(15-19)27(28,29)30)33-24(16)26(37)32-18-6-8-20(9-7-18)38-22-10-12-31-25-21(22)11-13-34(25)2/h3-15H,1-2H3,(H,32,37). The lowest BCUT2D eigenvalue weighted by molar-refractivity contribution is -0.137. The van der Waals surface area contributed by atoms with Crippen LogP contribution in [0.4, 0.5) is 18.9 Å². The summed E-state index contributed by atoms with van der Waals surface area (Å²) in [6.45, 7) is 1.52. The highest BCUT2D eigenvalue weighted by atomic mass is 19.4. The Bertz CT molecular complexity index is 1720. The summed E-state index contributed by atoms with van der Waals surface area (Å²) < 4.78 is 48.0. The van der Waals surface area contributed by atoms with Gasteiger partial charge in [0.15, 0.2) is 5.69 Å². The number of amides is 1. The Morgan fingerprint density at radius 2 is 1.79 bits per heavy atom. The number of aromatic nitrogens is 4. The molecule has 0 saturated heterocycles. The molecule has 0 aliphatic rings. The highest BCUT2D eigenvalue weighted by Gasteiger charge is 2.30. The summed E-state index contributed by atoms with van der Waals surface area (Å²) in [6.07, 6.45) is -1.05. The number of aryl methyl sites for hydroxylation is 2. The number of carbonyl (C=O) groups excluding carboxylic acids is 1. The quantitative estimate of drug-likeness (QED) is 0.332. The number of rotatable bonds is 5. The second-order valence-electron chi connectivity index (χ2n) is 8.53. The van der Waals surface area contributed by atoms with Gasteiger partial charge < -0.3 is 14.6 Å². The van der Waals surface area contributed by atoms with E-state index in [-0.39, 0.29) is 16.9 Å². The van der Waals surface area contributed by atoms with Gasteiger partial charge in [0.1, 0.15) is 17.1 Å². The van der Waals surface area contributed by atoms with Gasteiger partial charge in [0, 0.05) is 31.2 Å².